The summed E-state index contributed by atoms with van der Waals surface area (Å²) >= 11 is 0. The molecule has 2 fully saturated rings. The summed E-state index contributed by atoms with van der Waals surface area (Å²) in [5, 5.41) is 81.5. The van der Waals surface area contributed by atoms with Gasteiger partial charge in [-0.05, 0) is 0 Å². The van der Waals surface area contributed by atoms with E-state index in [1.54, 1.807) is 0 Å². The summed E-state index contributed by atoms with van der Waals surface area (Å²) in [7, 11) is 0. The number of hydrogen-bond acceptors (Lipinski definition) is 11. The summed E-state index contributed by atoms with van der Waals surface area (Å²) < 4.78 is 10.2. The molecule has 0 saturated carbocycles. The molecule has 11 atom stereocenters. The third kappa shape index (κ3) is 3.99. The highest BCUT2D eigenvalue weighted by atomic mass is 16.6. The molecule has 0 bridgehead atoms. The van der Waals surface area contributed by atoms with Crippen molar-refractivity contribution >= 4 is 5.91 Å². The Labute approximate surface area is 148 Å². The highest BCUT2D eigenvalue weighted by Gasteiger charge is 2.53. The Hall–Kier alpha value is -0.930. The highest BCUT2D eigenvalue weighted by Crippen LogP contribution is 2.29. The quantitative estimate of drug-likeness (QED) is 0.223. The van der Waals surface area contributed by atoms with Gasteiger partial charge in [-0.2, -0.15) is 0 Å². The maximum Gasteiger partial charge on any atom is 0.217 e. The summed E-state index contributed by atoms with van der Waals surface area (Å²) in [5.74, 6) is -0.600. The van der Waals surface area contributed by atoms with Crippen molar-refractivity contribution in [3.8, 4) is 0 Å². The molecule has 2 saturated heterocycles. The third-order valence-corrected chi connectivity index (χ3v) is 4.63. The second kappa shape index (κ2) is 8.39. The number of aliphatic hydroxyl groups excluding tert-OH is 8. The van der Waals surface area contributed by atoms with Crippen LogP contribution in [0.1, 0.15) is 6.92 Å². The molecule has 1 amide bonds. The van der Waals surface area contributed by atoms with E-state index in [1.807, 2.05) is 0 Å². The number of carbonyl (C=O) groups is 1. The van der Waals surface area contributed by atoms with Crippen molar-refractivity contribution in [3.05, 3.63) is 0 Å². The molecule has 0 aromatic carbocycles. The molecule has 12 heteroatoms. The van der Waals surface area contributed by atoms with Gasteiger partial charge in [-0.15, -0.1) is 0 Å². The maximum absolute atomic E-state index is 11.1. The standard InChI is InChI=1S/C14H25NO11/c1-3(17)15-5-7(19)9(21)13(26-14(5)24)11(23)12-10(22)8(20)6(18)4(2-16)25-12/h4-14,16,18-24H,2H2,1H3,(H,15,17)/t4-,5+,6+,7-,8+,9-,10-,11?,12-,13+,14+/m1/s1. The Bertz CT molecular complexity index is 492. The SMILES string of the molecule is CC(=O)N[C@H]1[C@@H](O)[C@@H](O)[C@@H](C(O)[C@@H]2O[C@H](CO)[C@H](O)[C@H](O)[C@H]2O)O[C@@H]1O. The maximum atomic E-state index is 11.1. The van der Waals surface area contributed by atoms with Crippen molar-refractivity contribution < 1.29 is 55.1 Å². The largest absolute Gasteiger partial charge is 0.394 e. The summed E-state index contributed by atoms with van der Waals surface area (Å²) in [6.07, 6.45) is -16.9. The average Bonchev–Trinajstić information content (AvgIpc) is 2.59. The highest BCUT2D eigenvalue weighted by molar-refractivity contribution is 5.73. The van der Waals surface area contributed by atoms with Gasteiger partial charge in [0, 0.05) is 6.92 Å². The summed E-state index contributed by atoms with van der Waals surface area (Å²) in [6.45, 7) is 0.402. The second-order valence-corrected chi connectivity index (χ2v) is 6.48. The molecule has 0 radical (unpaired) electrons. The van der Waals surface area contributed by atoms with Crippen LogP contribution >= 0.6 is 0 Å². The first-order chi connectivity index (χ1) is 12.1. The van der Waals surface area contributed by atoms with Crippen LogP contribution in [0.4, 0.5) is 0 Å². The minimum atomic E-state index is -1.86. The van der Waals surface area contributed by atoms with Crippen molar-refractivity contribution in [1.29, 1.82) is 0 Å². The lowest BCUT2D eigenvalue weighted by atomic mass is 9.86. The minimum absolute atomic E-state index is 0.600. The van der Waals surface area contributed by atoms with E-state index >= 15 is 0 Å². The summed E-state index contributed by atoms with van der Waals surface area (Å²) in [5.41, 5.74) is 0. The van der Waals surface area contributed by atoms with Crippen molar-refractivity contribution in [2.75, 3.05) is 6.61 Å². The molecular formula is C14H25NO11. The monoisotopic (exact) mass is 383 g/mol. The van der Waals surface area contributed by atoms with Gasteiger partial charge in [0.2, 0.25) is 5.91 Å². The van der Waals surface area contributed by atoms with Crippen molar-refractivity contribution in [2.24, 2.45) is 0 Å². The molecule has 0 spiro atoms. The zero-order chi connectivity index (χ0) is 19.8. The van der Waals surface area contributed by atoms with E-state index in [-0.39, 0.29) is 0 Å². The van der Waals surface area contributed by atoms with Crippen LogP contribution < -0.4 is 5.32 Å². The molecule has 152 valence electrons. The molecule has 26 heavy (non-hydrogen) atoms. The Morgan fingerprint density at radius 1 is 0.923 bits per heavy atom. The van der Waals surface area contributed by atoms with Crippen LogP contribution in [-0.2, 0) is 14.3 Å². The van der Waals surface area contributed by atoms with Crippen LogP contribution in [-0.4, -0.2) is 121 Å². The number of ether oxygens (including phenoxy) is 2. The third-order valence-electron chi connectivity index (χ3n) is 4.63. The van der Waals surface area contributed by atoms with Crippen molar-refractivity contribution in [2.45, 2.75) is 74.2 Å². The van der Waals surface area contributed by atoms with Gasteiger partial charge < -0.3 is 55.6 Å². The molecule has 2 rings (SSSR count). The predicted molar refractivity (Wildman–Crippen MR) is 80.3 cm³/mol. The zero-order valence-corrected chi connectivity index (χ0v) is 13.9. The number of nitrogens with one attached hydrogen (secondary N) is 1. The lowest BCUT2D eigenvalue weighted by molar-refractivity contribution is -0.302. The summed E-state index contributed by atoms with van der Waals surface area (Å²) in [6, 6.07) is -1.36. The molecule has 2 aliphatic rings. The number of carbonyl (C=O) groups excluding carboxylic acids is 1. The van der Waals surface area contributed by atoms with Crippen LogP contribution in [0.2, 0.25) is 0 Å². The van der Waals surface area contributed by atoms with E-state index < -0.39 is 79.8 Å². The van der Waals surface area contributed by atoms with Gasteiger partial charge in [-0.1, -0.05) is 0 Å². The number of amides is 1. The van der Waals surface area contributed by atoms with Crippen molar-refractivity contribution in [1.82, 2.24) is 5.32 Å². The first kappa shape index (κ1) is 21.4. The normalized spacial score (nSPS) is 48.0. The van der Waals surface area contributed by atoms with Crippen LogP contribution in [0.25, 0.3) is 0 Å². The Morgan fingerprint density at radius 2 is 1.46 bits per heavy atom. The topological polar surface area (TPSA) is 209 Å². The predicted octanol–water partition coefficient (Wildman–Crippen LogP) is -5.87. The van der Waals surface area contributed by atoms with Gasteiger partial charge in [0.1, 0.15) is 61.0 Å². The van der Waals surface area contributed by atoms with E-state index in [9.17, 15) is 40.5 Å². The molecule has 2 heterocycles. The first-order valence-corrected chi connectivity index (χ1v) is 8.05. The average molecular weight is 383 g/mol. The zero-order valence-electron chi connectivity index (χ0n) is 13.9. The molecule has 12 nitrogen and oxygen atoms in total. The van der Waals surface area contributed by atoms with E-state index in [0.717, 1.165) is 6.92 Å². The fourth-order valence-corrected chi connectivity index (χ4v) is 3.18. The van der Waals surface area contributed by atoms with Gasteiger partial charge in [-0.25, -0.2) is 0 Å². The lowest BCUT2D eigenvalue weighted by Crippen LogP contribution is -2.69. The number of rotatable bonds is 4. The molecule has 2 aliphatic heterocycles. The Morgan fingerprint density at radius 3 is 2.00 bits per heavy atom. The van der Waals surface area contributed by atoms with Crippen LogP contribution in [0.3, 0.4) is 0 Å². The first-order valence-electron chi connectivity index (χ1n) is 8.05. The molecular weight excluding hydrogens is 358 g/mol. The minimum Gasteiger partial charge on any atom is -0.394 e. The van der Waals surface area contributed by atoms with E-state index in [0.29, 0.717) is 0 Å². The van der Waals surface area contributed by atoms with E-state index in [2.05, 4.69) is 5.32 Å². The van der Waals surface area contributed by atoms with Gasteiger partial charge in [0.15, 0.2) is 6.29 Å². The fraction of sp³-hybridized carbons (Fsp3) is 0.929. The number of aliphatic hydroxyl groups is 8. The van der Waals surface area contributed by atoms with Gasteiger partial charge in [-0.3, -0.25) is 4.79 Å². The molecule has 0 aromatic rings. The fourth-order valence-electron chi connectivity index (χ4n) is 3.18. The summed E-state index contributed by atoms with van der Waals surface area (Å²) in [4.78, 5) is 11.1. The molecule has 0 aliphatic carbocycles. The van der Waals surface area contributed by atoms with Gasteiger partial charge in [0.25, 0.3) is 0 Å². The van der Waals surface area contributed by atoms with Crippen LogP contribution in [0, 0.1) is 0 Å². The molecule has 0 aromatic heterocycles. The molecule has 1 unspecified atom stereocenters. The van der Waals surface area contributed by atoms with Crippen LogP contribution in [0.5, 0.6) is 0 Å². The second-order valence-electron chi connectivity index (χ2n) is 6.48. The Kier molecular flexibility index (Phi) is 6.90. The Balaban J connectivity index is 2.15. The molecule has 9 N–H and O–H groups in total. The van der Waals surface area contributed by atoms with Crippen LogP contribution in [0.15, 0.2) is 0 Å². The smallest absolute Gasteiger partial charge is 0.217 e. The number of hydrogen-bond donors (Lipinski definition) is 9. The lowest BCUT2D eigenvalue weighted by Gasteiger charge is -2.47. The van der Waals surface area contributed by atoms with E-state index in [4.69, 9.17) is 14.6 Å². The van der Waals surface area contributed by atoms with Gasteiger partial charge in [0.05, 0.1) is 6.61 Å². The van der Waals surface area contributed by atoms with E-state index in [1.165, 1.54) is 0 Å². The van der Waals surface area contributed by atoms with Gasteiger partial charge >= 0.3 is 0 Å². The van der Waals surface area contributed by atoms with Crippen molar-refractivity contribution in [3.63, 3.8) is 0 Å².